The van der Waals surface area contributed by atoms with Gasteiger partial charge in [-0.3, -0.25) is 24.6 Å². The first-order valence-electron chi connectivity index (χ1n) is 8.38. The number of hydrogen-bond acceptors (Lipinski definition) is 7. The van der Waals surface area contributed by atoms with Crippen LogP contribution in [-0.2, 0) is 4.74 Å². The van der Waals surface area contributed by atoms with Crippen LogP contribution in [0.15, 0.2) is 42.5 Å². The average Bonchev–Trinajstić information content (AvgIpc) is 2.93. The molecule has 0 radical (unpaired) electrons. The summed E-state index contributed by atoms with van der Waals surface area (Å²) in [5.74, 6) is -1.50. The van der Waals surface area contributed by atoms with E-state index >= 15 is 0 Å². The summed E-state index contributed by atoms with van der Waals surface area (Å²) in [7, 11) is 1.53. The highest BCUT2D eigenvalue weighted by atomic mass is 16.6. The molecule has 9 heteroatoms. The number of esters is 1. The zero-order valence-electron chi connectivity index (χ0n) is 14.9. The van der Waals surface area contributed by atoms with Crippen LogP contribution in [0.3, 0.4) is 0 Å². The van der Waals surface area contributed by atoms with Gasteiger partial charge in [-0.05, 0) is 36.8 Å². The van der Waals surface area contributed by atoms with Crippen LogP contribution in [0.1, 0.15) is 37.5 Å². The van der Waals surface area contributed by atoms with E-state index in [4.69, 9.17) is 9.47 Å². The molecule has 0 aromatic heterocycles. The van der Waals surface area contributed by atoms with E-state index in [0.717, 1.165) is 4.90 Å². The fraction of sp³-hybridized carbons (Fsp3) is 0.211. The van der Waals surface area contributed by atoms with Crippen molar-refractivity contribution >= 4 is 23.5 Å². The van der Waals surface area contributed by atoms with E-state index in [1.807, 2.05) is 0 Å². The summed E-state index contributed by atoms with van der Waals surface area (Å²) in [5, 5.41) is 10.7. The maximum Gasteiger partial charge on any atom is 0.343 e. The van der Waals surface area contributed by atoms with Gasteiger partial charge >= 0.3 is 5.97 Å². The molecule has 0 fully saturated rings. The van der Waals surface area contributed by atoms with Gasteiger partial charge in [0.15, 0.2) is 0 Å². The van der Waals surface area contributed by atoms with Crippen LogP contribution < -0.4 is 4.74 Å². The van der Waals surface area contributed by atoms with Crippen LogP contribution in [0.25, 0.3) is 0 Å². The third-order valence-electron chi connectivity index (χ3n) is 4.19. The molecule has 0 atom stereocenters. The number of nitro groups is 1. The molecule has 28 heavy (non-hydrogen) atoms. The summed E-state index contributed by atoms with van der Waals surface area (Å²) in [6, 6.07) is 9.16. The number of methoxy groups -OCH3 is 1. The molecular weight excluding hydrogens is 368 g/mol. The molecule has 0 unspecified atom stereocenters. The number of benzene rings is 2. The summed E-state index contributed by atoms with van der Waals surface area (Å²) in [5.41, 5.74) is 0.335. The summed E-state index contributed by atoms with van der Waals surface area (Å²) in [6.45, 7) is 0.642. The SMILES string of the molecule is COCCCN1C(=O)c2ccc(C(=O)Oc3ccc([N+](=O)[O-])cc3)cc2C1=O. The van der Waals surface area contributed by atoms with Crippen molar-refractivity contribution in [1.29, 1.82) is 0 Å². The monoisotopic (exact) mass is 384 g/mol. The van der Waals surface area contributed by atoms with Crippen molar-refractivity contribution in [2.24, 2.45) is 0 Å². The third-order valence-corrected chi connectivity index (χ3v) is 4.19. The van der Waals surface area contributed by atoms with E-state index in [9.17, 15) is 24.5 Å². The van der Waals surface area contributed by atoms with Crippen molar-refractivity contribution in [2.45, 2.75) is 6.42 Å². The molecule has 2 aromatic carbocycles. The van der Waals surface area contributed by atoms with Crippen molar-refractivity contribution in [1.82, 2.24) is 4.90 Å². The minimum atomic E-state index is -0.741. The number of rotatable bonds is 7. The number of fused-ring (bicyclic) bond motifs is 1. The molecule has 144 valence electrons. The fourth-order valence-electron chi connectivity index (χ4n) is 2.79. The Balaban J connectivity index is 1.75. The van der Waals surface area contributed by atoms with E-state index in [1.54, 1.807) is 0 Å². The molecule has 1 aliphatic rings. The molecule has 2 aromatic rings. The van der Waals surface area contributed by atoms with Crippen LogP contribution in [-0.4, -0.2) is 47.9 Å². The van der Waals surface area contributed by atoms with Crippen LogP contribution in [0.2, 0.25) is 0 Å². The highest BCUT2D eigenvalue weighted by Crippen LogP contribution is 2.25. The van der Waals surface area contributed by atoms with Crippen molar-refractivity contribution in [3.8, 4) is 5.75 Å². The Hall–Kier alpha value is -3.59. The number of nitrogens with zero attached hydrogens (tertiary/aromatic N) is 2. The lowest BCUT2D eigenvalue weighted by molar-refractivity contribution is -0.384. The first-order valence-corrected chi connectivity index (χ1v) is 8.38. The number of nitro benzene ring substituents is 1. The van der Waals surface area contributed by atoms with Crippen LogP contribution in [0, 0.1) is 10.1 Å². The predicted octanol–water partition coefficient (Wildman–Crippen LogP) is 2.45. The smallest absolute Gasteiger partial charge is 0.343 e. The van der Waals surface area contributed by atoms with Gasteiger partial charge in [0.05, 0.1) is 21.6 Å². The van der Waals surface area contributed by atoms with Gasteiger partial charge in [0.2, 0.25) is 0 Å². The molecule has 9 nitrogen and oxygen atoms in total. The summed E-state index contributed by atoms with van der Waals surface area (Å²) < 4.78 is 10.1. The maximum atomic E-state index is 12.5. The molecule has 2 amide bonds. The second kappa shape index (κ2) is 7.97. The van der Waals surface area contributed by atoms with Gasteiger partial charge in [-0.25, -0.2) is 4.79 Å². The lowest BCUT2D eigenvalue weighted by Gasteiger charge is -2.12. The van der Waals surface area contributed by atoms with Crippen molar-refractivity contribution in [3.05, 3.63) is 69.3 Å². The zero-order valence-corrected chi connectivity index (χ0v) is 14.9. The topological polar surface area (TPSA) is 116 Å². The Morgan fingerprint density at radius 2 is 1.75 bits per heavy atom. The molecule has 0 aliphatic carbocycles. The average molecular weight is 384 g/mol. The molecule has 0 bridgehead atoms. The van der Waals surface area contributed by atoms with Crippen molar-refractivity contribution in [3.63, 3.8) is 0 Å². The molecule has 0 saturated carbocycles. The van der Waals surface area contributed by atoms with Crippen molar-refractivity contribution < 1.29 is 28.8 Å². The lowest BCUT2D eigenvalue weighted by atomic mass is 10.1. The molecule has 0 N–H and O–H groups in total. The van der Waals surface area contributed by atoms with Gasteiger partial charge in [0, 0.05) is 32.4 Å². The Kier molecular flexibility index (Phi) is 5.46. The Morgan fingerprint density at radius 1 is 1.07 bits per heavy atom. The van der Waals surface area contributed by atoms with Gasteiger partial charge in [-0.15, -0.1) is 0 Å². The fourth-order valence-corrected chi connectivity index (χ4v) is 2.79. The number of ether oxygens (including phenoxy) is 2. The summed E-state index contributed by atoms with van der Waals surface area (Å²) in [6.07, 6.45) is 0.511. The quantitative estimate of drug-likeness (QED) is 0.180. The number of carbonyl (C=O) groups excluding carboxylic acids is 3. The Morgan fingerprint density at radius 3 is 2.39 bits per heavy atom. The molecular formula is C19H16N2O7. The lowest BCUT2D eigenvalue weighted by Crippen LogP contribution is -2.31. The normalized spacial score (nSPS) is 12.8. The van der Waals surface area contributed by atoms with E-state index in [1.165, 1.54) is 49.6 Å². The number of non-ortho nitro benzene ring substituents is 1. The number of hydrogen-bond donors (Lipinski definition) is 0. The van der Waals surface area contributed by atoms with Crippen LogP contribution in [0.5, 0.6) is 5.75 Å². The molecule has 3 rings (SSSR count). The van der Waals surface area contributed by atoms with Gasteiger partial charge in [0.1, 0.15) is 5.75 Å². The molecule has 1 heterocycles. The first-order chi connectivity index (χ1) is 13.4. The maximum absolute atomic E-state index is 12.5. The number of carbonyl (C=O) groups is 3. The van der Waals surface area contributed by atoms with E-state index in [0.29, 0.717) is 13.0 Å². The second-order valence-electron chi connectivity index (χ2n) is 6.01. The number of imide groups is 1. The molecule has 1 aliphatic heterocycles. The van der Waals surface area contributed by atoms with Gasteiger partial charge in [0.25, 0.3) is 17.5 Å². The van der Waals surface area contributed by atoms with Crippen LogP contribution >= 0.6 is 0 Å². The minimum Gasteiger partial charge on any atom is -0.423 e. The largest absolute Gasteiger partial charge is 0.423 e. The van der Waals surface area contributed by atoms with E-state index < -0.39 is 22.7 Å². The summed E-state index contributed by atoms with van der Waals surface area (Å²) in [4.78, 5) is 48.4. The second-order valence-corrected chi connectivity index (χ2v) is 6.01. The molecule has 0 saturated heterocycles. The van der Waals surface area contributed by atoms with Crippen LogP contribution in [0.4, 0.5) is 5.69 Å². The highest BCUT2D eigenvalue weighted by molar-refractivity contribution is 6.22. The Labute approximate surface area is 159 Å². The van der Waals surface area contributed by atoms with Gasteiger partial charge < -0.3 is 9.47 Å². The molecule has 0 spiro atoms. The van der Waals surface area contributed by atoms with Gasteiger partial charge in [-0.1, -0.05) is 0 Å². The zero-order chi connectivity index (χ0) is 20.3. The van der Waals surface area contributed by atoms with Crippen molar-refractivity contribution in [2.75, 3.05) is 20.3 Å². The minimum absolute atomic E-state index is 0.0944. The van der Waals surface area contributed by atoms with Gasteiger partial charge in [-0.2, -0.15) is 0 Å². The summed E-state index contributed by atoms with van der Waals surface area (Å²) >= 11 is 0. The third kappa shape index (κ3) is 3.74. The number of amides is 2. The van der Waals surface area contributed by atoms with E-state index in [-0.39, 0.29) is 34.7 Å². The van der Waals surface area contributed by atoms with E-state index in [2.05, 4.69) is 0 Å². The highest BCUT2D eigenvalue weighted by Gasteiger charge is 2.35. The Bertz CT molecular complexity index is 953. The predicted molar refractivity (Wildman–Crippen MR) is 96.4 cm³/mol. The standard InChI is InChI=1S/C19H16N2O7/c1-27-10-2-9-20-17(22)15-8-3-12(11-16(15)18(20)23)19(24)28-14-6-4-13(5-7-14)21(25)26/h3-8,11H,2,9-10H2,1H3. The first kappa shape index (κ1) is 19.2.